The van der Waals surface area contributed by atoms with Gasteiger partial charge in [0, 0.05) is 24.2 Å². The smallest absolute Gasteiger partial charge is 0.255 e. The molecule has 24 heavy (non-hydrogen) atoms. The zero-order valence-electron chi connectivity index (χ0n) is 13.8. The van der Waals surface area contributed by atoms with Crippen LogP contribution in [0.5, 0.6) is 5.75 Å². The third-order valence-electron chi connectivity index (χ3n) is 3.38. The second-order valence-electron chi connectivity index (χ2n) is 5.33. The van der Waals surface area contributed by atoms with Crippen molar-refractivity contribution in [1.29, 1.82) is 0 Å². The minimum Gasteiger partial charge on any atom is -0.495 e. The zero-order chi connectivity index (χ0) is 17.5. The quantitative estimate of drug-likeness (QED) is 0.760. The van der Waals surface area contributed by atoms with Gasteiger partial charge in [-0.05, 0) is 37.3 Å². The number of hydrogen-bond donors (Lipinski definition) is 3. The summed E-state index contributed by atoms with van der Waals surface area (Å²) in [4.78, 5) is 24.0. The number of anilines is 2. The molecule has 126 valence electrons. The van der Waals surface area contributed by atoms with Gasteiger partial charge in [0.05, 0.1) is 12.8 Å². The third kappa shape index (κ3) is 4.57. The molecule has 0 saturated heterocycles. The van der Waals surface area contributed by atoms with Crippen LogP contribution in [0.3, 0.4) is 0 Å². The molecular formula is C18H21N3O3. The fourth-order valence-corrected chi connectivity index (χ4v) is 2.22. The number of ether oxygens (including phenoxy) is 1. The number of aryl methyl sites for hydroxylation is 1. The molecule has 0 aliphatic rings. The lowest BCUT2D eigenvalue weighted by molar-refractivity contribution is -0.116. The Morgan fingerprint density at radius 3 is 2.58 bits per heavy atom. The van der Waals surface area contributed by atoms with Crippen LogP contribution in [-0.2, 0) is 4.79 Å². The third-order valence-corrected chi connectivity index (χ3v) is 3.38. The summed E-state index contributed by atoms with van der Waals surface area (Å²) in [6, 6.07) is 12.4. The van der Waals surface area contributed by atoms with E-state index in [-0.39, 0.29) is 24.8 Å². The molecule has 2 aromatic rings. The van der Waals surface area contributed by atoms with Crippen LogP contribution in [0.15, 0.2) is 42.5 Å². The van der Waals surface area contributed by atoms with Gasteiger partial charge < -0.3 is 21.1 Å². The normalized spacial score (nSPS) is 10.1. The molecule has 2 aromatic carbocycles. The highest BCUT2D eigenvalue weighted by molar-refractivity contribution is 6.05. The van der Waals surface area contributed by atoms with E-state index in [0.717, 1.165) is 5.56 Å². The molecule has 0 aliphatic carbocycles. The Morgan fingerprint density at radius 2 is 1.92 bits per heavy atom. The molecule has 0 unspecified atom stereocenters. The minimum absolute atomic E-state index is 0.210. The Kier molecular flexibility index (Phi) is 5.92. The Morgan fingerprint density at radius 1 is 1.12 bits per heavy atom. The zero-order valence-corrected chi connectivity index (χ0v) is 13.8. The first-order valence-corrected chi connectivity index (χ1v) is 7.59. The molecule has 0 saturated carbocycles. The van der Waals surface area contributed by atoms with Crippen molar-refractivity contribution in [3.63, 3.8) is 0 Å². The van der Waals surface area contributed by atoms with E-state index in [1.54, 1.807) is 24.3 Å². The first kappa shape index (κ1) is 17.5. The molecule has 4 N–H and O–H groups in total. The van der Waals surface area contributed by atoms with Gasteiger partial charge in [-0.1, -0.05) is 17.7 Å². The monoisotopic (exact) mass is 327 g/mol. The van der Waals surface area contributed by atoms with Crippen molar-refractivity contribution in [2.24, 2.45) is 5.73 Å². The van der Waals surface area contributed by atoms with E-state index >= 15 is 0 Å². The molecule has 0 bridgehead atoms. The lowest BCUT2D eigenvalue weighted by Crippen LogP contribution is -2.17. The van der Waals surface area contributed by atoms with E-state index in [1.807, 2.05) is 25.1 Å². The Hall–Kier alpha value is -2.86. The molecule has 0 spiro atoms. The number of hydrogen-bond acceptors (Lipinski definition) is 4. The molecule has 0 atom stereocenters. The highest BCUT2D eigenvalue weighted by Gasteiger charge is 2.11. The molecule has 0 radical (unpaired) electrons. The van der Waals surface area contributed by atoms with Crippen molar-refractivity contribution in [3.05, 3.63) is 53.6 Å². The van der Waals surface area contributed by atoms with E-state index in [2.05, 4.69) is 10.6 Å². The summed E-state index contributed by atoms with van der Waals surface area (Å²) in [6.07, 6.45) is 0.211. The molecule has 2 amide bonds. The van der Waals surface area contributed by atoms with Crippen molar-refractivity contribution < 1.29 is 14.3 Å². The Labute approximate surface area is 141 Å². The maximum absolute atomic E-state index is 12.3. The lowest BCUT2D eigenvalue weighted by atomic mass is 10.1. The number of nitrogens with one attached hydrogen (secondary N) is 2. The molecule has 0 aromatic heterocycles. The predicted molar refractivity (Wildman–Crippen MR) is 94.4 cm³/mol. The molecule has 6 nitrogen and oxygen atoms in total. The number of amides is 2. The van der Waals surface area contributed by atoms with Crippen molar-refractivity contribution in [1.82, 2.24) is 0 Å². The minimum atomic E-state index is -0.219. The lowest BCUT2D eigenvalue weighted by Gasteiger charge is -2.13. The van der Waals surface area contributed by atoms with Gasteiger partial charge in [-0.15, -0.1) is 0 Å². The average Bonchev–Trinajstić information content (AvgIpc) is 2.55. The van der Waals surface area contributed by atoms with E-state index in [0.29, 0.717) is 22.7 Å². The first-order valence-electron chi connectivity index (χ1n) is 7.59. The number of rotatable bonds is 6. The second kappa shape index (κ2) is 8.12. The van der Waals surface area contributed by atoms with Gasteiger partial charge >= 0.3 is 0 Å². The van der Waals surface area contributed by atoms with Gasteiger partial charge in [-0.25, -0.2) is 0 Å². The number of methoxy groups -OCH3 is 1. The van der Waals surface area contributed by atoms with Gasteiger partial charge in [0.1, 0.15) is 5.75 Å². The predicted octanol–water partition coefficient (Wildman–Crippen LogP) is 2.54. The van der Waals surface area contributed by atoms with Crippen molar-refractivity contribution in [2.75, 3.05) is 24.3 Å². The van der Waals surface area contributed by atoms with Crippen LogP contribution >= 0.6 is 0 Å². The van der Waals surface area contributed by atoms with Crippen LogP contribution in [0.1, 0.15) is 22.3 Å². The molecule has 2 rings (SSSR count). The van der Waals surface area contributed by atoms with Crippen molar-refractivity contribution >= 4 is 23.2 Å². The number of carbonyl (C=O) groups is 2. The first-order chi connectivity index (χ1) is 11.5. The number of nitrogens with two attached hydrogens (primary N) is 1. The largest absolute Gasteiger partial charge is 0.495 e. The summed E-state index contributed by atoms with van der Waals surface area (Å²) in [5, 5.41) is 5.54. The summed E-state index contributed by atoms with van der Waals surface area (Å²) >= 11 is 0. The molecular weight excluding hydrogens is 306 g/mol. The summed E-state index contributed by atoms with van der Waals surface area (Å²) in [7, 11) is 1.51. The van der Waals surface area contributed by atoms with Crippen LogP contribution in [0.25, 0.3) is 0 Å². The number of benzene rings is 2. The summed E-state index contributed by atoms with van der Waals surface area (Å²) in [6.45, 7) is 2.19. The van der Waals surface area contributed by atoms with Gasteiger partial charge in [-0.3, -0.25) is 9.59 Å². The maximum atomic E-state index is 12.3. The molecule has 0 heterocycles. The van der Waals surface area contributed by atoms with Gasteiger partial charge in [0.15, 0.2) is 0 Å². The van der Waals surface area contributed by atoms with Crippen LogP contribution in [-0.4, -0.2) is 25.5 Å². The van der Waals surface area contributed by atoms with Crippen LogP contribution in [0.4, 0.5) is 11.4 Å². The van der Waals surface area contributed by atoms with E-state index in [9.17, 15) is 9.59 Å². The standard InChI is InChI=1S/C18H21N3O3/c1-12-4-3-5-13(10-12)18(23)20-14-6-7-16(24-2)15(11-14)21-17(22)8-9-19/h3-7,10-11H,8-9,19H2,1-2H3,(H,20,23)(H,21,22). The SMILES string of the molecule is COc1ccc(NC(=O)c2cccc(C)c2)cc1NC(=O)CCN. The van der Waals surface area contributed by atoms with Crippen LogP contribution < -0.4 is 21.1 Å². The van der Waals surface area contributed by atoms with Gasteiger partial charge in [0.25, 0.3) is 5.91 Å². The summed E-state index contributed by atoms with van der Waals surface area (Å²) < 4.78 is 5.23. The average molecular weight is 327 g/mol. The van der Waals surface area contributed by atoms with Gasteiger partial charge in [-0.2, -0.15) is 0 Å². The van der Waals surface area contributed by atoms with Crippen LogP contribution in [0, 0.1) is 6.92 Å². The maximum Gasteiger partial charge on any atom is 0.255 e. The molecule has 0 fully saturated rings. The Bertz CT molecular complexity index is 744. The highest BCUT2D eigenvalue weighted by Crippen LogP contribution is 2.28. The topological polar surface area (TPSA) is 93.5 Å². The van der Waals surface area contributed by atoms with E-state index in [4.69, 9.17) is 10.5 Å². The van der Waals surface area contributed by atoms with E-state index < -0.39 is 0 Å². The molecule has 0 aliphatic heterocycles. The van der Waals surface area contributed by atoms with Gasteiger partial charge in [0.2, 0.25) is 5.91 Å². The van der Waals surface area contributed by atoms with E-state index in [1.165, 1.54) is 7.11 Å². The number of carbonyl (C=O) groups excluding carboxylic acids is 2. The van der Waals surface area contributed by atoms with Crippen molar-refractivity contribution in [3.8, 4) is 5.75 Å². The van der Waals surface area contributed by atoms with Crippen LogP contribution in [0.2, 0.25) is 0 Å². The fraction of sp³-hybridized carbons (Fsp3) is 0.222. The fourth-order valence-electron chi connectivity index (χ4n) is 2.22. The summed E-state index contributed by atoms with van der Waals surface area (Å²) in [5.74, 6) is 0.0787. The Balaban J connectivity index is 2.18. The molecule has 6 heteroatoms. The highest BCUT2D eigenvalue weighted by atomic mass is 16.5. The summed E-state index contributed by atoms with van der Waals surface area (Å²) in [5.41, 5.74) is 8.00. The second-order valence-corrected chi connectivity index (χ2v) is 5.33. The van der Waals surface area contributed by atoms with Crippen molar-refractivity contribution in [2.45, 2.75) is 13.3 Å².